The molecule has 2 aromatic rings. The van der Waals surface area contributed by atoms with Crippen LogP contribution in [0.25, 0.3) is 11.0 Å². The van der Waals surface area contributed by atoms with E-state index >= 15 is 0 Å². The molecule has 2 aliphatic carbocycles. The van der Waals surface area contributed by atoms with Crippen molar-refractivity contribution in [2.45, 2.75) is 32.3 Å². The van der Waals surface area contributed by atoms with Gasteiger partial charge >= 0.3 is 5.97 Å². The monoisotopic (exact) mass is 270 g/mol. The Morgan fingerprint density at radius 2 is 2.15 bits per heavy atom. The lowest BCUT2D eigenvalue weighted by Gasteiger charge is -2.19. The van der Waals surface area contributed by atoms with Crippen LogP contribution >= 0.6 is 0 Å². The number of carbonyl (C=O) groups excluding carboxylic acids is 1. The van der Waals surface area contributed by atoms with Crippen LogP contribution in [0.15, 0.2) is 34.7 Å². The van der Waals surface area contributed by atoms with E-state index in [-0.39, 0.29) is 18.5 Å². The number of furan rings is 1. The molecule has 2 saturated carbocycles. The van der Waals surface area contributed by atoms with Crippen molar-refractivity contribution in [1.82, 2.24) is 0 Å². The van der Waals surface area contributed by atoms with Gasteiger partial charge in [-0.05, 0) is 43.2 Å². The number of hydrogen-bond donors (Lipinski definition) is 0. The van der Waals surface area contributed by atoms with E-state index in [2.05, 4.69) is 0 Å². The fraction of sp³-hybridized carbons (Fsp3) is 0.471. The zero-order valence-corrected chi connectivity index (χ0v) is 11.4. The highest BCUT2D eigenvalue weighted by atomic mass is 16.5. The second-order valence-electron chi connectivity index (χ2n) is 6.14. The second kappa shape index (κ2) is 4.65. The molecule has 0 saturated heterocycles. The van der Waals surface area contributed by atoms with Crippen LogP contribution in [-0.2, 0) is 16.1 Å². The minimum absolute atomic E-state index is 0.0299. The molecule has 0 spiro atoms. The highest BCUT2D eigenvalue weighted by Crippen LogP contribution is 2.48. The topological polar surface area (TPSA) is 39.4 Å². The van der Waals surface area contributed by atoms with Crippen molar-refractivity contribution in [3.8, 4) is 0 Å². The van der Waals surface area contributed by atoms with Crippen molar-refractivity contribution in [1.29, 1.82) is 0 Å². The molecule has 3 atom stereocenters. The smallest absolute Gasteiger partial charge is 0.309 e. The molecule has 0 N–H and O–H groups in total. The molecule has 1 aromatic heterocycles. The van der Waals surface area contributed by atoms with Crippen molar-refractivity contribution in [2.24, 2.45) is 17.8 Å². The molecular weight excluding hydrogens is 252 g/mol. The molecule has 20 heavy (non-hydrogen) atoms. The van der Waals surface area contributed by atoms with E-state index in [4.69, 9.17) is 9.15 Å². The van der Waals surface area contributed by atoms with Gasteiger partial charge in [-0.15, -0.1) is 0 Å². The summed E-state index contributed by atoms with van der Waals surface area (Å²) < 4.78 is 11.1. The SMILES string of the molecule is O=C(OCc1cc2ccccc2o1)C1CC2CCC1C2. The van der Waals surface area contributed by atoms with Crippen molar-refractivity contribution in [2.75, 3.05) is 0 Å². The summed E-state index contributed by atoms with van der Waals surface area (Å²) in [6.45, 7) is 0.251. The summed E-state index contributed by atoms with van der Waals surface area (Å²) in [6, 6.07) is 9.79. The number of para-hydroxylation sites is 1. The maximum Gasteiger partial charge on any atom is 0.309 e. The van der Waals surface area contributed by atoms with Crippen LogP contribution in [0.1, 0.15) is 31.4 Å². The van der Waals surface area contributed by atoms with E-state index in [1.54, 1.807) is 0 Å². The minimum Gasteiger partial charge on any atom is -0.457 e. The van der Waals surface area contributed by atoms with Crippen LogP contribution in [0.5, 0.6) is 0 Å². The van der Waals surface area contributed by atoms with Gasteiger partial charge in [-0.2, -0.15) is 0 Å². The van der Waals surface area contributed by atoms with Crippen molar-refractivity contribution in [3.05, 3.63) is 36.1 Å². The molecule has 0 aliphatic heterocycles. The zero-order chi connectivity index (χ0) is 13.5. The van der Waals surface area contributed by atoms with Gasteiger partial charge in [0.25, 0.3) is 0 Å². The summed E-state index contributed by atoms with van der Waals surface area (Å²) >= 11 is 0. The second-order valence-corrected chi connectivity index (χ2v) is 6.14. The quantitative estimate of drug-likeness (QED) is 0.794. The number of hydrogen-bond acceptors (Lipinski definition) is 3. The van der Waals surface area contributed by atoms with Gasteiger partial charge < -0.3 is 9.15 Å². The summed E-state index contributed by atoms with van der Waals surface area (Å²) in [7, 11) is 0. The van der Waals surface area contributed by atoms with Crippen molar-refractivity contribution < 1.29 is 13.9 Å². The van der Waals surface area contributed by atoms with Crippen LogP contribution in [0.3, 0.4) is 0 Å². The van der Waals surface area contributed by atoms with E-state index in [1.165, 1.54) is 19.3 Å². The summed E-state index contributed by atoms with van der Waals surface area (Å²) in [4.78, 5) is 12.2. The number of carbonyl (C=O) groups is 1. The fourth-order valence-electron chi connectivity index (χ4n) is 3.89. The molecule has 4 rings (SSSR count). The van der Waals surface area contributed by atoms with Crippen LogP contribution < -0.4 is 0 Å². The Labute approximate surface area is 117 Å². The van der Waals surface area contributed by atoms with Crippen LogP contribution in [0, 0.1) is 17.8 Å². The van der Waals surface area contributed by atoms with E-state index in [0.717, 1.165) is 29.1 Å². The van der Waals surface area contributed by atoms with Gasteiger partial charge in [0.1, 0.15) is 18.0 Å². The standard InChI is InChI=1S/C17H18O3/c18-17(15-8-11-5-6-12(15)7-11)19-10-14-9-13-3-1-2-4-16(13)20-14/h1-4,9,11-12,15H,5-8,10H2. The Morgan fingerprint density at radius 3 is 2.90 bits per heavy atom. The summed E-state index contributed by atoms with van der Waals surface area (Å²) in [6.07, 6.45) is 4.77. The number of rotatable bonds is 3. The maximum atomic E-state index is 12.2. The molecule has 2 fully saturated rings. The molecule has 2 aliphatic rings. The van der Waals surface area contributed by atoms with Gasteiger partial charge in [0.2, 0.25) is 0 Å². The summed E-state index contributed by atoms with van der Waals surface area (Å²) in [5.41, 5.74) is 0.846. The molecule has 104 valence electrons. The number of ether oxygens (including phenoxy) is 1. The molecule has 0 radical (unpaired) electrons. The Kier molecular flexibility index (Phi) is 2.79. The Morgan fingerprint density at radius 1 is 1.25 bits per heavy atom. The van der Waals surface area contributed by atoms with Crippen molar-refractivity contribution >= 4 is 16.9 Å². The first-order chi connectivity index (χ1) is 9.79. The summed E-state index contributed by atoms with van der Waals surface area (Å²) in [5, 5.41) is 1.05. The third kappa shape index (κ3) is 2.01. The van der Waals surface area contributed by atoms with Gasteiger partial charge in [0.15, 0.2) is 0 Å². The van der Waals surface area contributed by atoms with E-state index in [0.29, 0.717) is 5.92 Å². The third-order valence-electron chi connectivity index (χ3n) is 4.87. The van der Waals surface area contributed by atoms with E-state index in [1.807, 2.05) is 30.3 Å². The van der Waals surface area contributed by atoms with Crippen LogP contribution in [-0.4, -0.2) is 5.97 Å². The minimum atomic E-state index is -0.0299. The molecule has 0 amide bonds. The Bertz CT molecular complexity index is 609. The van der Waals surface area contributed by atoms with Crippen molar-refractivity contribution in [3.63, 3.8) is 0 Å². The predicted octanol–water partition coefficient (Wildman–Crippen LogP) is 3.91. The average Bonchev–Trinajstić information content (AvgIpc) is 3.18. The normalized spacial score (nSPS) is 28.1. The Balaban J connectivity index is 1.41. The average molecular weight is 270 g/mol. The molecule has 3 unspecified atom stereocenters. The molecule has 1 aromatic carbocycles. The van der Waals surface area contributed by atoms with E-state index in [9.17, 15) is 4.79 Å². The molecule has 1 heterocycles. The van der Waals surface area contributed by atoms with Gasteiger partial charge in [0, 0.05) is 5.39 Å². The molecular formula is C17H18O3. The van der Waals surface area contributed by atoms with Gasteiger partial charge in [-0.1, -0.05) is 24.6 Å². The number of esters is 1. The number of fused-ring (bicyclic) bond motifs is 3. The first-order valence-corrected chi connectivity index (χ1v) is 7.43. The molecule has 3 heteroatoms. The lowest BCUT2D eigenvalue weighted by molar-refractivity contribution is -0.152. The van der Waals surface area contributed by atoms with Crippen LogP contribution in [0.2, 0.25) is 0 Å². The first kappa shape index (κ1) is 12.0. The highest BCUT2D eigenvalue weighted by molar-refractivity contribution is 5.78. The van der Waals surface area contributed by atoms with E-state index < -0.39 is 0 Å². The largest absolute Gasteiger partial charge is 0.457 e. The van der Waals surface area contributed by atoms with Crippen LogP contribution in [0.4, 0.5) is 0 Å². The predicted molar refractivity (Wildman–Crippen MR) is 74.9 cm³/mol. The van der Waals surface area contributed by atoms with Gasteiger partial charge in [-0.25, -0.2) is 0 Å². The van der Waals surface area contributed by atoms with Gasteiger partial charge in [-0.3, -0.25) is 4.79 Å². The fourth-order valence-corrected chi connectivity index (χ4v) is 3.89. The molecule has 2 bridgehead atoms. The highest BCUT2D eigenvalue weighted by Gasteiger charge is 2.43. The summed E-state index contributed by atoms with van der Waals surface area (Å²) in [5.74, 6) is 2.17. The first-order valence-electron chi connectivity index (χ1n) is 7.43. The maximum absolute atomic E-state index is 12.2. The Hall–Kier alpha value is -1.77. The lowest BCUT2D eigenvalue weighted by Crippen LogP contribution is -2.23. The zero-order valence-electron chi connectivity index (χ0n) is 11.4. The number of benzene rings is 1. The lowest BCUT2D eigenvalue weighted by atomic mass is 9.89. The third-order valence-corrected chi connectivity index (χ3v) is 4.87. The molecule has 3 nitrogen and oxygen atoms in total. The van der Waals surface area contributed by atoms with Gasteiger partial charge in [0.05, 0.1) is 5.92 Å².